The van der Waals surface area contributed by atoms with Gasteiger partial charge in [0.2, 0.25) is 0 Å². The number of nitrogens with zero attached hydrogens (tertiary/aromatic N) is 2. The van der Waals surface area contributed by atoms with Gasteiger partial charge in [-0.3, -0.25) is 10.1 Å². The average Bonchev–Trinajstić information content (AvgIpc) is 3.28. The second-order valence-electron chi connectivity index (χ2n) is 8.16. The van der Waals surface area contributed by atoms with Crippen molar-refractivity contribution >= 4 is 28.1 Å². The van der Waals surface area contributed by atoms with Crippen LogP contribution in [0.5, 0.6) is 0 Å². The number of benzene rings is 3. The van der Waals surface area contributed by atoms with Crippen molar-refractivity contribution < 1.29 is 4.79 Å². The quantitative estimate of drug-likeness (QED) is 0.276. The molecule has 4 nitrogen and oxygen atoms in total. The third kappa shape index (κ3) is 5.37. The molecule has 0 aliphatic carbocycles. The number of amides is 1. The van der Waals surface area contributed by atoms with Crippen molar-refractivity contribution in [3.63, 3.8) is 0 Å². The molecule has 0 unspecified atom stereocenters. The van der Waals surface area contributed by atoms with Crippen LogP contribution in [-0.4, -0.2) is 24.0 Å². The molecule has 1 N–H and O–H groups in total. The highest BCUT2D eigenvalue weighted by Crippen LogP contribution is 2.33. The Kier molecular flexibility index (Phi) is 7.76. The lowest BCUT2D eigenvalue weighted by molar-refractivity contribution is 0.102. The molecule has 0 atom stereocenters. The molecule has 0 fully saturated rings. The summed E-state index contributed by atoms with van der Waals surface area (Å²) in [4.78, 5) is 21.2. The van der Waals surface area contributed by atoms with Crippen molar-refractivity contribution in [3.8, 4) is 22.4 Å². The number of hydrogen-bond acceptors (Lipinski definition) is 4. The fourth-order valence-corrected chi connectivity index (χ4v) is 5.14. The fourth-order valence-electron chi connectivity index (χ4n) is 4.06. The zero-order valence-corrected chi connectivity index (χ0v) is 20.9. The highest BCUT2D eigenvalue weighted by Gasteiger charge is 2.16. The van der Waals surface area contributed by atoms with E-state index in [1.54, 1.807) is 11.3 Å². The highest BCUT2D eigenvalue weighted by molar-refractivity contribution is 7.16. The van der Waals surface area contributed by atoms with Gasteiger partial charge < -0.3 is 4.90 Å². The summed E-state index contributed by atoms with van der Waals surface area (Å²) >= 11 is 1.57. The van der Waals surface area contributed by atoms with Crippen LogP contribution in [0.25, 0.3) is 22.4 Å². The zero-order chi connectivity index (χ0) is 23.9. The average molecular weight is 470 g/mol. The Morgan fingerprint density at radius 3 is 2.06 bits per heavy atom. The van der Waals surface area contributed by atoms with Crippen LogP contribution in [0.15, 0.2) is 78.9 Å². The number of aromatic nitrogens is 1. The highest BCUT2D eigenvalue weighted by atomic mass is 32.1. The number of rotatable bonds is 9. The number of aryl methyl sites for hydroxylation is 1. The summed E-state index contributed by atoms with van der Waals surface area (Å²) in [6.07, 6.45) is 1.96. The normalized spacial score (nSPS) is 10.8. The molecule has 3 aromatic carbocycles. The molecule has 1 heterocycles. The van der Waals surface area contributed by atoms with Crippen molar-refractivity contribution in [3.05, 3.63) is 89.3 Å². The first-order valence-corrected chi connectivity index (χ1v) is 12.8. The predicted molar refractivity (Wildman–Crippen MR) is 145 cm³/mol. The van der Waals surface area contributed by atoms with Crippen LogP contribution in [0.1, 0.15) is 42.4 Å². The maximum Gasteiger partial charge on any atom is 0.257 e. The number of carbonyl (C=O) groups excluding carboxylic acids is 1. The van der Waals surface area contributed by atoms with Gasteiger partial charge in [-0.15, -0.1) is 11.3 Å². The van der Waals surface area contributed by atoms with Crippen molar-refractivity contribution in [1.82, 2.24) is 4.98 Å². The summed E-state index contributed by atoms with van der Waals surface area (Å²) in [7, 11) is 0. The van der Waals surface area contributed by atoms with E-state index in [0.29, 0.717) is 10.7 Å². The van der Waals surface area contributed by atoms with Crippen molar-refractivity contribution in [1.29, 1.82) is 0 Å². The van der Waals surface area contributed by atoms with E-state index in [1.165, 1.54) is 16.0 Å². The largest absolute Gasteiger partial charge is 0.372 e. The Labute approximate surface area is 206 Å². The summed E-state index contributed by atoms with van der Waals surface area (Å²) in [5.74, 6) is -0.131. The van der Waals surface area contributed by atoms with Gasteiger partial charge in [0.15, 0.2) is 5.13 Å². The monoisotopic (exact) mass is 469 g/mol. The molecule has 5 heteroatoms. The van der Waals surface area contributed by atoms with Crippen LogP contribution in [0.2, 0.25) is 0 Å². The summed E-state index contributed by atoms with van der Waals surface area (Å²) in [6, 6.07) is 26.6. The maximum atomic E-state index is 12.9. The summed E-state index contributed by atoms with van der Waals surface area (Å²) in [5, 5.41) is 3.66. The Balaban J connectivity index is 1.53. The molecule has 0 radical (unpaired) electrons. The molecule has 0 aliphatic rings. The molecule has 34 heavy (non-hydrogen) atoms. The minimum atomic E-state index is -0.131. The standard InChI is InChI=1S/C29H31N3OS/c1-4-10-26-27(23-15-13-22(14-16-23)21-11-8-7-9-12-21)30-29(34-26)31-28(33)24-17-19-25(20-18-24)32(5-2)6-3/h7-9,11-20H,4-6,10H2,1-3H3,(H,30,31,33). The number of anilines is 2. The van der Waals surface area contributed by atoms with Gasteiger partial charge in [-0.2, -0.15) is 0 Å². The first kappa shape index (κ1) is 23.7. The Morgan fingerprint density at radius 1 is 0.824 bits per heavy atom. The summed E-state index contributed by atoms with van der Waals surface area (Å²) in [5.41, 5.74) is 6.17. The SMILES string of the molecule is CCCc1sc(NC(=O)c2ccc(N(CC)CC)cc2)nc1-c1ccc(-c2ccccc2)cc1. The van der Waals surface area contributed by atoms with E-state index in [4.69, 9.17) is 4.98 Å². The van der Waals surface area contributed by atoms with Crippen LogP contribution in [0.3, 0.4) is 0 Å². The molecule has 0 aliphatic heterocycles. The van der Waals surface area contributed by atoms with Crippen LogP contribution < -0.4 is 10.2 Å². The number of hydrogen-bond donors (Lipinski definition) is 1. The molecule has 4 rings (SSSR count). The molecular weight excluding hydrogens is 438 g/mol. The third-order valence-electron chi connectivity index (χ3n) is 5.92. The van der Waals surface area contributed by atoms with Gasteiger partial charge in [0.05, 0.1) is 5.69 Å². The van der Waals surface area contributed by atoms with E-state index in [0.717, 1.165) is 42.9 Å². The second-order valence-corrected chi connectivity index (χ2v) is 9.24. The minimum Gasteiger partial charge on any atom is -0.372 e. The number of nitrogens with one attached hydrogen (secondary N) is 1. The van der Waals surface area contributed by atoms with E-state index in [9.17, 15) is 4.79 Å². The van der Waals surface area contributed by atoms with E-state index in [2.05, 4.69) is 79.5 Å². The molecule has 0 bridgehead atoms. The maximum absolute atomic E-state index is 12.9. The topological polar surface area (TPSA) is 45.2 Å². The molecule has 4 aromatic rings. The number of thiazole rings is 1. The van der Waals surface area contributed by atoms with Crippen LogP contribution in [0, 0.1) is 0 Å². The first-order chi connectivity index (χ1) is 16.6. The lowest BCUT2D eigenvalue weighted by Gasteiger charge is -2.20. The number of carbonyl (C=O) groups is 1. The summed E-state index contributed by atoms with van der Waals surface area (Å²) < 4.78 is 0. The summed E-state index contributed by atoms with van der Waals surface area (Å²) in [6.45, 7) is 8.31. The van der Waals surface area contributed by atoms with Crippen molar-refractivity contribution in [2.24, 2.45) is 0 Å². The van der Waals surface area contributed by atoms with Crippen molar-refractivity contribution in [2.45, 2.75) is 33.6 Å². The van der Waals surface area contributed by atoms with Gasteiger partial charge in [0.25, 0.3) is 5.91 Å². The third-order valence-corrected chi connectivity index (χ3v) is 6.95. The van der Waals surface area contributed by atoms with Gasteiger partial charge in [0.1, 0.15) is 0 Å². The van der Waals surface area contributed by atoms with Crippen LogP contribution in [0.4, 0.5) is 10.8 Å². The molecular formula is C29H31N3OS. The molecule has 0 spiro atoms. The van der Waals surface area contributed by atoms with Crippen LogP contribution in [-0.2, 0) is 6.42 Å². The van der Waals surface area contributed by atoms with Gasteiger partial charge in [-0.25, -0.2) is 4.98 Å². The van der Waals surface area contributed by atoms with E-state index in [-0.39, 0.29) is 5.91 Å². The molecule has 1 aromatic heterocycles. The molecule has 0 saturated carbocycles. The molecule has 0 saturated heterocycles. The lowest BCUT2D eigenvalue weighted by Crippen LogP contribution is -2.21. The van der Waals surface area contributed by atoms with E-state index >= 15 is 0 Å². The minimum absolute atomic E-state index is 0.131. The first-order valence-electron chi connectivity index (χ1n) is 11.9. The Hall–Kier alpha value is -3.44. The smallest absolute Gasteiger partial charge is 0.257 e. The van der Waals surface area contributed by atoms with Gasteiger partial charge in [0, 0.05) is 34.8 Å². The zero-order valence-electron chi connectivity index (χ0n) is 20.0. The van der Waals surface area contributed by atoms with Gasteiger partial charge >= 0.3 is 0 Å². The van der Waals surface area contributed by atoms with Crippen molar-refractivity contribution in [2.75, 3.05) is 23.3 Å². The molecule has 1 amide bonds. The second kappa shape index (κ2) is 11.1. The molecule has 174 valence electrons. The Bertz CT molecular complexity index is 1210. The fraction of sp³-hybridized carbons (Fsp3) is 0.241. The Morgan fingerprint density at radius 2 is 1.44 bits per heavy atom. The van der Waals surface area contributed by atoms with Crippen LogP contribution >= 0.6 is 11.3 Å². The van der Waals surface area contributed by atoms with E-state index in [1.807, 2.05) is 30.3 Å². The van der Waals surface area contributed by atoms with Gasteiger partial charge in [-0.05, 0) is 55.7 Å². The van der Waals surface area contributed by atoms with Gasteiger partial charge in [-0.1, -0.05) is 67.9 Å². The predicted octanol–water partition coefficient (Wildman–Crippen LogP) is 7.53. The van der Waals surface area contributed by atoms with E-state index < -0.39 is 0 Å². The lowest BCUT2D eigenvalue weighted by atomic mass is 10.0.